The Morgan fingerprint density at radius 1 is 0.971 bits per heavy atom. The molecule has 6 aliphatic carbocycles. The lowest BCUT2D eigenvalue weighted by Crippen LogP contribution is -2.47. The van der Waals surface area contributed by atoms with Crippen LogP contribution in [0.4, 0.5) is 11.5 Å². The third-order valence-corrected chi connectivity index (χ3v) is 10.3. The van der Waals surface area contributed by atoms with Crippen molar-refractivity contribution >= 4 is 28.3 Å². The van der Waals surface area contributed by atoms with Crippen LogP contribution in [0, 0.1) is 40.9 Å². The zero-order valence-electron chi connectivity index (χ0n) is 20.0. The van der Waals surface area contributed by atoms with E-state index >= 15 is 0 Å². The molecular formula is C29H37N3O2. The normalized spacial score (nSPS) is 39.6. The van der Waals surface area contributed by atoms with Crippen molar-refractivity contribution in [2.45, 2.75) is 70.3 Å². The molecule has 6 fully saturated rings. The van der Waals surface area contributed by atoms with Crippen LogP contribution in [0.5, 0.6) is 0 Å². The van der Waals surface area contributed by atoms with E-state index < -0.39 is 0 Å². The Labute approximate surface area is 202 Å². The van der Waals surface area contributed by atoms with Crippen molar-refractivity contribution in [1.82, 2.24) is 4.98 Å². The first-order valence-electron chi connectivity index (χ1n) is 13.6. The highest BCUT2D eigenvalue weighted by molar-refractivity contribution is 6.01. The smallest absolute Gasteiger partial charge is 0.224 e. The minimum atomic E-state index is 0.171. The van der Waals surface area contributed by atoms with Crippen molar-refractivity contribution < 1.29 is 9.90 Å². The number of fused-ring (bicyclic) bond motifs is 3. The zero-order valence-corrected chi connectivity index (χ0v) is 20.0. The molecule has 5 nitrogen and oxygen atoms in total. The molecule has 0 saturated heterocycles. The minimum absolute atomic E-state index is 0.171. The lowest BCUT2D eigenvalue weighted by Gasteiger charge is -2.56. The van der Waals surface area contributed by atoms with Gasteiger partial charge in [0.05, 0.1) is 11.2 Å². The van der Waals surface area contributed by atoms with Crippen LogP contribution in [0.25, 0.3) is 10.9 Å². The number of hydrogen-bond acceptors (Lipinski definition) is 4. The standard InChI is InChI=1S/C29H37N3O2/c33-16-23-20-4-5-21(11-20)28(23)32-26-7-6-22-24(30-26)2-1-3-25(22)31-27(34)15-29-12-17-8-18(13-29)10-19(9-17)14-29/h1-3,6-7,17-21,23,28,33H,4-5,8-16H2,(H,30,32)(H,31,34)/t17?,18?,19?,20-,21+,23-,28?,29?/m1/s1. The summed E-state index contributed by atoms with van der Waals surface area (Å²) in [5.41, 5.74) is 2.03. The van der Waals surface area contributed by atoms with E-state index in [0.717, 1.165) is 40.2 Å². The van der Waals surface area contributed by atoms with Crippen molar-refractivity contribution in [1.29, 1.82) is 0 Å². The molecule has 6 bridgehead atoms. The molecule has 180 valence electrons. The van der Waals surface area contributed by atoms with Gasteiger partial charge in [-0.3, -0.25) is 4.79 Å². The summed E-state index contributed by atoms with van der Waals surface area (Å²) in [6.07, 6.45) is 12.4. The van der Waals surface area contributed by atoms with E-state index in [-0.39, 0.29) is 17.9 Å². The summed E-state index contributed by atoms with van der Waals surface area (Å²) in [5.74, 6) is 5.29. The van der Waals surface area contributed by atoms with Crippen molar-refractivity contribution in [2.24, 2.45) is 40.9 Å². The molecular weight excluding hydrogens is 422 g/mol. The predicted molar refractivity (Wildman–Crippen MR) is 134 cm³/mol. The van der Waals surface area contributed by atoms with Crippen LogP contribution in [0.3, 0.4) is 0 Å². The topological polar surface area (TPSA) is 74.2 Å². The maximum atomic E-state index is 13.2. The molecule has 4 atom stereocenters. The number of nitrogens with one attached hydrogen (secondary N) is 2. The van der Waals surface area contributed by atoms with Gasteiger partial charge in [0.15, 0.2) is 0 Å². The van der Waals surface area contributed by atoms with E-state index in [4.69, 9.17) is 4.98 Å². The number of carbonyl (C=O) groups is 1. The summed E-state index contributed by atoms with van der Waals surface area (Å²) < 4.78 is 0. The minimum Gasteiger partial charge on any atom is -0.396 e. The molecule has 8 rings (SSSR count). The van der Waals surface area contributed by atoms with Gasteiger partial charge < -0.3 is 15.7 Å². The highest BCUT2D eigenvalue weighted by atomic mass is 16.3. The van der Waals surface area contributed by atoms with Gasteiger partial charge in [-0.15, -0.1) is 0 Å². The van der Waals surface area contributed by atoms with E-state index in [1.54, 1.807) is 0 Å². The third-order valence-electron chi connectivity index (χ3n) is 10.3. The molecule has 1 heterocycles. The van der Waals surface area contributed by atoms with Gasteiger partial charge in [-0.2, -0.15) is 0 Å². The summed E-state index contributed by atoms with van der Waals surface area (Å²) >= 11 is 0. The largest absolute Gasteiger partial charge is 0.396 e. The van der Waals surface area contributed by atoms with Gasteiger partial charge in [-0.25, -0.2) is 4.98 Å². The lowest BCUT2D eigenvalue weighted by molar-refractivity contribution is -0.124. The maximum Gasteiger partial charge on any atom is 0.224 e. The number of carbonyl (C=O) groups excluding carboxylic acids is 1. The van der Waals surface area contributed by atoms with Crippen LogP contribution in [0.15, 0.2) is 30.3 Å². The van der Waals surface area contributed by atoms with Crippen LogP contribution >= 0.6 is 0 Å². The summed E-state index contributed by atoms with van der Waals surface area (Å²) in [6, 6.07) is 10.5. The summed E-state index contributed by atoms with van der Waals surface area (Å²) in [6.45, 7) is 0.256. The highest BCUT2D eigenvalue weighted by Gasteiger charge is 2.51. The number of aliphatic hydroxyl groups is 1. The van der Waals surface area contributed by atoms with Gasteiger partial charge in [0.2, 0.25) is 5.91 Å². The van der Waals surface area contributed by atoms with Crippen LogP contribution in [-0.2, 0) is 4.79 Å². The molecule has 5 heteroatoms. The Bertz CT molecular complexity index is 1080. The second kappa shape index (κ2) is 7.94. The number of aliphatic hydroxyl groups excluding tert-OH is 1. The molecule has 1 aromatic heterocycles. The fourth-order valence-electron chi connectivity index (χ4n) is 9.45. The fourth-order valence-corrected chi connectivity index (χ4v) is 9.45. The van der Waals surface area contributed by atoms with Crippen LogP contribution in [0.2, 0.25) is 0 Å². The molecule has 1 unspecified atom stereocenters. The average Bonchev–Trinajstić information content (AvgIpc) is 3.39. The lowest BCUT2D eigenvalue weighted by atomic mass is 9.49. The zero-order chi connectivity index (χ0) is 22.9. The molecule has 0 aliphatic heterocycles. The van der Waals surface area contributed by atoms with Crippen molar-refractivity contribution in [3.8, 4) is 0 Å². The molecule has 0 spiro atoms. The second-order valence-electron chi connectivity index (χ2n) is 12.6. The van der Waals surface area contributed by atoms with Crippen LogP contribution in [-0.4, -0.2) is 28.6 Å². The molecule has 3 N–H and O–H groups in total. The number of rotatable bonds is 6. The Kier molecular flexibility index (Phi) is 4.94. The van der Waals surface area contributed by atoms with E-state index in [0.29, 0.717) is 30.2 Å². The Morgan fingerprint density at radius 3 is 2.44 bits per heavy atom. The molecule has 0 radical (unpaired) electrons. The average molecular weight is 460 g/mol. The van der Waals surface area contributed by atoms with Gasteiger partial charge in [-0.1, -0.05) is 6.07 Å². The number of hydrogen-bond donors (Lipinski definition) is 3. The van der Waals surface area contributed by atoms with E-state index in [1.807, 2.05) is 24.3 Å². The summed E-state index contributed by atoms with van der Waals surface area (Å²) in [5, 5.41) is 17.8. The van der Waals surface area contributed by atoms with Gasteiger partial charge in [-0.05, 0) is 117 Å². The number of anilines is 2. The first-order chi connectivity index (χ1) is 16.6. The Morgan fingerprint density at radius 2 is 1.71 bits per heavy atom. The molecule has 34 heavy (non-hydrogen) atoms. The quantitative estimate of drug-likeness (QED) is 0.526. The second-order valence-corrected chi connectivity index (χ2v) is 12.6. The van der Waals surface area contributed by atoms with E-state index in [2.05, 4.69) is 16.7 Å². The number of aromatic nitrogens is 1. The van der Waals surface area contributed by atoms with Crippen molar-refractivity contribution in [2.75, 3.05) is 17.2 Å². The van der Waals surface area contributed by atoms with Gasteiger partial charge in [0.1, 0.15) is 5.82 Å². The number of amides is 1. The predicted octanol–water partition coefficient (Wildman–Crippen LogP) is 5.60. The molecule has 6 saturated carbocycles. The van der Waals surface area contributed by atoms with Gasteiger partial charge in [0.25, 0.3) is 0 Å². The summed E-state index contributed by atoms with van der Waals surface area (Å²) in [7, 11) is 0. The maximum absolute atomic E-state index is 13.2. The van der Waals surface area contributed by atoms with E-state index in [9.17, 15) is 9.90 Å². The molecule has 1 amide bonds. The molecule has 6 aliphatic rings. The Balaban J connectivity index is 1.07. The molecule has 1 aromatic carbocycles. The van der Waals surface area contributed by atoms with Gasteiger partial charge >= 0.3 is 0 Å². The number of pyridine rings is 1. The monoisotopic (exact) mass is 459 g/mol. The van der Waals surface area contributed by atoms with Crippen molar-refractivity contribution in [3.05, 3.63) is 30.3 Å². The summed E-state index contributed by atoms with van der Waals surface area (Å²) in [4.78, 5) is 18.1. The van der Waals surface area contributed by atoms with Gasteiger partial charge in [0, 0.05) is 30.4 Å². The van der Waals surface area contributed by atoms with Crippen molar-refractivity contribution in [3.63, 3.8) is 0 Å². The number of nitrogens with zero attached hydrogens (tertiary/aromatic N) is 1. The Hall–Kier alpha value is -2.14. The number of benzene rings is 1. The first kappa shape index (κ1) is 21.2. The third kappa shape index (κ3) is 3.54. The molecule has 2 aromatic rings. The highest BCUT2D eigenvalue weighted by Crippen LogP contribution is 2.61. The van der Waals surface area contributed by atoms with Crippen LogP contribution in [0.1, 0.15) is 64.2 Å². The fraction of sp³-hybridized carbons (Fsp3) is 0.655. The first-order valence-corrected chi connectivity index (χ1v) is 13.6. The SMILES string of the molecule is O=C(CC12CC3CC(CC(C3)C1)C2)Nc1cccc2nc(NC3[C@H]4CC[C@H](C4)[C@H]3CO)ccc12. The van der Waals surface area contributed by atoms with Crippen LogP contribution < -0.4 is 10.6 Å². The van der Waals surface area contributed by atoms with E-state index in [1.165, 1.54) is 57.8 Å².